The Labute approximate surface area is 99.8 Å². The lowest BCUT2D eigenvalue weighted by Crippen LogP contribution is -2.45. The molecule has 2 rings (SSSR count). The van der Waals surface area contributed by atoms with E-state index in [9.17, 15) is 4.79 Å². The number of benzene rings is 1. The lowest BCUT2D eigenvalue weighted by atomic mass is 10.2. The zero-order valence-electron chi connectivity index (χ0n) is 9.48. The van der Waals surface area contributed by atoms with E-state index < -0.39 is 6.10 Å². The Hall–Kier alpha value is -1.43. The molecule has 1 fully saturated rings. The van der Waals surface area contributed by atoms with Crippen molar-refractivity contribution in [1.82, 2.24) is 5.32 Å². The highest BCUT2D eigenvalue weighted by Gasteiger charge is 2.21. The van der Waals surface area contributed by atoms with Crippen LogP contribution in [0.5, 0.6) is 0 Å². The number of amides is 1. The van der Waals surface area contributed by atoms with Crippen molar-refractivity contribution in [1.29, 1.82) is 0 Å². The van der Waals surface area contributed by atoms with E-state index in [4.69, 9.17) is 9.84 Å². The molecule has 17 heavy (non-hydrogen) atoms. The minimum atomic E-state index is -0.443. The van der Waals surface area contributed by atoms with Crippen LogP contribution >= 0.6 is 0 Å². The van der Waals surface area contributed by atoms with Crippen molar-refractivity contribution in [3.63, 3.8) is 0 Å². The molecule has 0 bridgehead atoms. The normalized spacial score (nSPS) is 19.9. The van der Waals surface area contributed by atoms with E-state index in [1.807, 2.05) is 0 Å². The number of ether oxygens (including phenoxy) is 1. The van der Waals surface area contributed by atoms with Crippen LogP contribution in [-0.4, -0.2) is 36.8 Å². The standard InChI is InChI=1S/C12H16N2O3/c15-8-9-2-1-3-10(6-9)14-12(16)11-7-13-4-5-17-11/h1-3,6,11,13,15H,4-5,7-8H2,(H,14,16). The fourth-order valence-corrected chi connectivity index (χ4v) is 1.70. The van der Waals surface area contributed by atoms with Crippen LogP contribution in [-0.2, 0) is 16.1 Å². The number of aliphatic hydroxyl groups is 1. The third-order valence-electron chi connectivity index (χ3n) is 2.60. The topological polar surface area (TPSA) is 70.6 Å². The van der Waals surface area contributed by atoms with Crippen LogP contribution in [0.25, 0.3) is 0 Å². The van der Waals surface area contributed by atoms with Gasteiger partial charge in [0.2, 0.25) is 0 Å². The summed E-state index contributed by atoms with van der Waals surface area (Å²) >= 11 is 0. The average molecular weight is 236 g/mol. The zero-order valence-corrected chi connectivity index (χ0v) is 9.48. The third kappa shape index (κ3) is 3.26. The summed E-state index contributed by atoms with van der Waals surface area (Å²) in [6.45, 7) is 1.83. The minimum Gasteiger partial charge on any atom is -0.392 e. The predicted molar refractivity (Wildman–Crippen MR) is 63.6 cm³/mol. The molecule has 92 valence electrons. The van der Waals surface area contributed by atoms with Crippen molar-refractivity contribution < 1.29 is 14.6 Å². The second kappa shape index (κ2) is 5.77. The van der Waals surface area contributed by atoms with Gasteiger partial charge >= 0.3 is 0 Å². The summed E-state index contributed by atoms with van der Waals surface area (Å²) in [5, 5.41) is 14.9. The van der Waals surface area contributed by atoms with E-state index in [1.54, 1.807) is 24.3 Å². The quantitative estimate of drug-likeness (QED) is 0.696. The van der Waals surface area contributed by atoms with Crippen molar-refractivity contribution >= 4 is 11.6 Å². The number of anilines is 1. The lowest BCUT2D eigenvalue weighted by Gasteiger charge is -2.22. The molecule has 1 aromatic rings. The predicted octanol–water partition coefficient (Wildman–Crippen LogP) is 0.106. The number of hydrogen-bond donors (Lipinski definition) is 3. The molecule has 1 saturated heterocycles. The summed E-state index contributed by atoms with van der Waals surface area (Å²) in [4.78, 5) is 11.8. The highest BCUT2D eigenvalue weighted by atomic mass is 16.5. The van der Waals surface area contributed by atoms with E-state index in [-0.39, 0.29) is 12.5 Å². The van der Waals surface area contributed by atoms with Gasteiger partial charge < -0.3 is 20.5 Å². The number of rotatable bonds is 3. The van der Waals surface area contributed by atoms with Gasteiger partial charge in [-0.1, -0.05) is 12.1 Å². The molecule has 0 aliphatic carbocycles. The third-order valence-corrected chi connectivity index (χ3v) is 2.60. The Morgan fingerprint density at radius 2 is 2.47 bits per heavy atom. The van der Waals surface area contributed by atoms with Gasteiger partial charge in [-0.3, -0.25) is 4.79 Å². The van der Waals surface area contributed by atoms with Gasteiger partial charge in [-0.25, -0.2) is 0 Å². The van der Waals surface area contributed by atoms with E-state index in [2.05, 4.69) is 10.6 Å². The van der Waals surface area contributed by atoms with Crippen molar-refractivity contribution in [2.75, 3.05) is 25.0 Å². The molecule has 0 radical (unpaired) electrons. The Morgan fingerprint density at radius 1 is 1.59 bits per heavy atom. The maximum absolute atomic E-state index is 11.8. The molecule has 5 nitrogen and oxygen atoms in total. The van der Waals surface area contributed by atoms with Crippen molar-refractivity contribution in [3.8, 4) is 0 Å². The van der Waals surface area contributed by atoms with Crippen LogP contribution in [0.1, 0.15) is 5.56 Å². The number of hydrogen-bond acceptors (Lipinski definition) is 4. The molecule has 3 N–H and O–H groups in total. The van der Waals surface area contributed by atoms with Gasteiger partial charge in [0.1, 0.15) is 6.10 Å². The molecular weight excluding hydrogens is 220 g/mol. The fourth-order valence-electron chi connectivity index (χ4n) is 1.70. The number of morpholine rings is 1. The van der Waals surface area contributed by atoms with E-state index in [0.29, 0.717) is 18.8 Å². The molecule has 0 aromatic heterocycles. The number of carbonyl (C=O) groups is 1. The maximum atomic E-state index is 11.8. The Morgan fingerprint density at radius 3 is 3.18 bits per heavy atom. The molecular formula is C12H16N2O3. The SMILES string of the molecule is O=C(Nc1cccc(CO)c1)C1CNCCO1. The van der Waals surface area contributed by atoms with Gasteiger partial charge in [-0.15, -0.1) is 0 Å². The molecule has 1 aromatic carbocycles. The second-order valence-electron chi connectivity index (χ2n) is 3.91. The first-order valence-electron chi connectivity index (χ1n) is 5.62. The summed E-state index contributed by atoms with van der Waals surface area (Å²) in [6.07, 6.45) is -0.443. The van der Waals surface area contributed by atoms with Crippen LogP contribution in [0, 0.1) is 0 Å². The molecule has 0 saturated carbocycles. The van der Waals surface area contributed by atoms with Crippen LogP contribution in [0.4, 0.5) is 5.69 Å². The van der Waals surface area contributed by atoms with Crippen LogP contribution in [0.15, 0.2) is 24.3 Å². The fraction of sp³-hybridized carbons (Fsp3) is 0.417. The molecule has 1 heterocycles. The zero-order chi connectivity index (χ0) is 12.1. The smallest absolute Gasteiger partial charge is 0.254 e. The molecule has 1 aliphatic rings. The minimum absolute atomic E-state index is 0.0365. The van der Waals surface area contributed by atoms with Gasteiger partial charge in [-0.05, 0) is 17.7 Å². The summed E-state index contributed by atoms with van der Waals surface area (Å²) < 4.78 is 5.34. The summed E-state index contributed by atoms with van der Waals surface area (Å²) in [6, 6.07) is 7.12. The average Bonchev–Trinajstić information content (AvgIpc) is 2.40. The number of nitrogens with one attached hydrogen (secondary N) is 2. The van der Waals surface area contributed by atoms with Crippen LogP contribution < -0.4 is 10.6 Å². The monoisotopic (exact) mass is 236 g/mol. The van der Waals surface area contributed by atoms with Gasteiger partial charge in [-0.2, -0.15) is 0 Å². The lowest BCUT2D eigenvalue weighted by molar-refractivity contribution is -0.128. The molecule has 1 unspecified atom stereocenters. The molecule has 5 heteroatoms. The molecule has 1 atom stereocenters. The Balaban J connectivity index is 1.96. The van der Waals surface area contributed by atoms with Gasteiger partial charge in [0.25, 0.3) is 5.91 Å². The summed E-state index contributed by atoms with van der Waals surface area (Å²) in [7, 11) is 0. The number of carbonyl (C=O) groups excluding carboxylic acids is 1. The Bertz CT molecular complexity index is 389. The largest absolute Gasteiger partial charge is 0.392 e. The first-order valence-corrected chi connectivity index (χ1v) is 5.62. The molecule has 0 spiro atoms. The maximum Gasteiger partial charge on any atom is 0.254 e. The summed E-state index contributed by atoms with van der Waals surface area (Å²) in [5.74, 6) is -0.160. The van der Waals surface area contributed by atoms with Crippen molar-refractivity contribution in [2.45, 2.75) is 12.7 Å². The Kier molecular flexibility index (Phi) is 4.08. The highest BCUT2D eigenvalue weighted by molar-refractivity contribution is 5.94. The molecule has 1 amide bonds. The first kappa shape index (κ1) is 12.0. The second-order valence-corrected chi connectivity index (χ2v) is 3.91. The van der Waals surface area contributed by atoms with Crippen LogP contribution in [0.3, 0.4) is 0 Å². The van der Waals surface area contributed by atoms with E-state index in [1.165, 1.54) is 0 Å². The van der Waals surface area contributed by atoms with E-state index >= 15 is 0 Å². The van der Waals surface area contributed by atoms with E-state index in [0.717, 1.165) is 12.1 Å². The van der Waals surface area contributed by atoms with Gasteiger partial charge in [0, 0.05) is 18.8 Å². The highest BCUT2D eigenvalue weighted by Crippen LogP contribution is 2.11. The van der Waals surface area contributed by atoms with Gasteiger partial charge in [0.15, 0.2) is 0 Å². The van der Waals surface area contributed by atoms with Gasteiger partial charge in [0.05, 0.1) is 13.2 Å². The molecule has 1 aliphatic heterocycles. The van der Waals surface area contributed by atoms with Crippen molar-refractivity contribution in [2.24, 2.45) is 0 Å². The first-order chi connectivity index (χ1) is 8.29. The van der Waals surface area contributed by atoms with Crippen LogP contribution in [0.2, 0.25) is 0 Å². The summed E-state index contributed by atoms with van der Waals surface area (Å²) in [5.41, 5.74) is 1.45. The van der Waals surface area contributed by atoms with Crippen molar-refractivity contribution in [3.05, 3.63) is 29.8 Å². The number of aliphatic hydroxyl groups excluding tert-OH is 1.